The van der Waals surface area contributed by atoms with E-state index in [9.17, 15) is 4.39 Å². The number of nitrogens with one attached hydrogen (secondary N) is 1. The molecule has 0 bridgehead atoms. The van der Waals surface area contributed by atoms with Crippen molar-refractivity contribution in [1.82, 2.24) is 19.9 Å². The maximum absolute atomic E-state index is 15.3. The molecule has 3 heterocycles. The second kappa shape index (κ2) is 10.8. The number of anilines is 3. The van der Waals surface area contributed by atoms with Crippen molar-refractivity contribution < 1.29 is 18.3 Å². The first kappa shape index (κ1) is 26.5. The maximum Gasteiger partial charge on any atom is 0.229 e. The number of aromatic nitrogens is 3. The molecule has 1 unspecified atom stereocenters. The van der Waals surface area contributed by atoms with Crippen molar-refractivity contribution in [1.29, 1.82) is 0 Å². The van der Waals surface area contributed by atoms with Gasteiger partial charge < -0.3 is 24.6 Å². The number of hydrogen-bond acceptors (Lipinski definition) is 8. The molecular weight excluding hydrogens is 478 g/mol. The number of likely N-dealkylation sites (N-methyl/N-ethyl adjacent to an activating group) is 1. The molecule has 3 aromatic rings. The number of benzene rings is 1. The molecule has 0 aliphatic carbocycles. The summed E-state index contributed by atoms with van der Waals surface area (Å²) in [7, 11) is 3.95. The van der Waals surface area contributed by atoms with Crippen LogP contribution >= 0.6 is 0 Å². The van der Waals surface area contributed by atoms with Crippen LogP contribution in [0.4, 0.5) is 26.2 Å². The molecule has 0 fully saturated rings. The fraction of sp³-hybridized carbons (Fsp3) is 0.444. The zero-order chi connectivity index (χ0) is 26.7. The summed E-state index contributed by atoms with van der Waals surface area (Å²) in [5.74, 6) is 0.188. The maximum atomic E-state index is 15.3. The third-order valence-corrected chi connectivity index (χ3v) is 6.19. The van der Waals surface area contributed by atoms with E-state index in [0.29, 0.717) is 36.0 Å². The molecule has 2 aromatic heterocycles. The molecule has 0 saturated heterocycles. The first-order valence-electron chi connectivity index (χ1n) is 12.4. The van der Waals surface area contributed by atoms with Crippen LogP contribution in [0, 0.1) is 11.6 Å². The molecule has 1 atom stereocenters. The smallest absolute Gasteiger partial charge is 0.229 e. The lowest BCUT2D eigenvalue weighted by atomic mass is 10.00. The number of nitrogens with zero attached hydrogens (tertiary/aromatic N) is 5. The second-order valence-corrected chi connectivity index (χ2v) is 10.1. The molecule has 37 heavy (non-hydrogen) atoms. The molecule has 1 aliphatic rings. The lowest BCUT2D eigenvalue weighted by molar-refractivity contribution is 0.0960. The van der Waals surface area contributed by atoms with Gasteiger partial charge in [-0.15, -0.1) is 0 Å². The summed E-state index contributed by atoms with van der Waals surface area (Å²) < 4.78 is 41.8. The lowest BCUT2D eigenvalue weighted by Gasteiger charge is -2.44. The van der Waals surface area contributed by atoms with Gasteiger partial charge in [-0.05, 0) is 65.6 Å². The van der Waals surface area contributed by atoms with Crippen LogP contribution in [-0.2, 0) is 0 Å². The molecule has 0 saturated carbocycles. The first-order chi connectivity index (χ1) is 17.6. The fourth-order valence-corrected chi connectivity index (χ4v) is 4.08. The van der Waals surface area contributed by atoms with Gasteiger partial charge in [-0.2, -0.15) is 0 Å². The van der Waals surface area contributed by atoms with Gasteiger partial charge in [0.1, 0.15) is 29.5 Å². The Morgan fingerprint density at radius 1 is 1.16 bits per heavy atom. The summed E-state index contributed by atoms with van der Waals surface area (Å²) in [6.45, 7) is 9.92. The quantitative estimate of drug-likeness (QED) is 0.415. The van der Waals surface area contributed by atoms with Crippen LogP contribution in [0.15, 0.2) is 36.7 Å². The van der Waals surface area contributed by atoms with Gasteiger partial charge in [-0.1, -0.05) is 6.92 Å². The lowest BCUT2D eigenvalue weighted by Crippen LogP contribution is -2.50. The molecule has 198 valence electrons. The average Bonchev–Trinajstić information content (AvgIpc) is 2.85. The molecule has 1 aromatic carbocycles. The van der Waals surface area contributed by atoms with Gasteiger partial charge in [0.25, 0.3) is 0 Å². The van der Waals surface area contributed by atoms with Crippen LogP contribution in [0.5, 0.6) is 11.5 Å². The Balaban J connectivity index is 1.60. The summed E-state index contributed by atoms with van der Waals surface area (Å²) in [5, 5.41) is 2.97. The Labute approximate surface area is 216 Å². The highest BCUT2D eigenvalue weighted by atomic mass is 19.1. The molecule has 0 radical (unpaired) electrons. The molecule has 1 aliphatic heterocycles. The normalized spacial score (nSPS) is 15.2. The minimum Gasteiger partial charge on any atom is -0.491 e. The summed E-state index contributed by atoms with van der Waals surface area (Å²) in [6.07, 6.45) is 3.52. The number of rotatable bonds is 9. The van der Waals surface area contributed by atoms with Crippen molar-refractivity contribution in [3.63, 3.8) is 0 Å². The Morgan fingerprint density at radius 2 is 1.95 bits per heavy atom. The van der Waals surface area contributed by atoms with E-state index in [1.54, 1.807) is 24.4 Å². The summed E-state index contributed by atoms with van der Waals surface area (Å²) >= 11 is 0. The van der Waals surface area contributed by atoms with Crippen molar-refractivity contribution in [2.45, 2.75) is 45.8 Å². The van der Waals surface area contributed by atoms with Crippen molar-refractivity contribution in [2.24, 2.45) is 0 Å². The molecule has 10 heteroatoms. The van der Waals surface area contributed by atoms with E-state index in [1.165, 1.54) is 6.07 Å². The zero-order valence-corrected chi connectivity index (χ0v) is 22.2. The average molecular weight is 513 g/mol. The van der Waals surface area contributed by atoms with Crippen LogP contribution < -0.4 is 19.7 Å². The van der Waals surface area contributed by atoms with E-state index in [4.69, 9.17) is 9.47 Å². The molecule has 4 rings (SSSR count). The standard InChI is InChI=1S/C27H34F2N6O2/c1-7-17(2)35-16-27(3,4)37-25-20(28)12-18(13-22(25)35)24-21(29)15-31-26(33-24)32-23-9-8-19(14-30-23)36-11-10-34(5)6/h8-9,12-15,17H,7,10-11,16H2,1-6H3,(H,30,31,32,33). The third kappa shape index (κ3) is 6.25. The van der Waals surface area contributed by atoms with E-state index in [2.05, 4.69) is 39.0 Å². The van der Waals surface area contributed by atoms with Gasteiger partial charge in [0, 0.05) is 18.2 Å². The van der Waals surface area contributed by atoms with Crippen molar-refractivity contribution >= 4 is 17.5 Å². The van der Waals surface area contributed by atoms with Gasteiger partial charge in [-0.3, -0.25) is 0 Å². The van der Waals surface area contributed by atoms with E-state index in [1.807, 2.05) is 32.8 Å². The fourth-order valence-electron chi connectivity index (χ4n) is 4.08. The number of fused-ring (bicyclic) bond motifs is 1. The topological polar surface area (TPSA) is 75.6 Å². The van der Waals surface area contributed by atoms with Crippen LogP contribution in [0.1, 0.15) is 34.1 Å². The Morgan fingerprint density at radius 3 is 2.62 bits per heavy atom. The molecule has 0 amide bonds. The van der Waals surface area contributed by atoms with Crippen molar-refractivity contribution in [2.75, 3.05) is 44.0 Å². The second-order valence-electron chi connectivity index (χ2n) is 10.1. The first-order valence-corrected chi connectivity index (χ1v) is 12.4. The molecular formula is C27H34F2N6O2. The van der Waals surface area contributed by atoms with Gasteiger partial charge in [0.05, 0.1) is 24.6 Å². The number of ether oxygens (including phenoxy) is 2. The minimum atomic E-state index is -0.658. The monoisotopic (exact) mass is 512 g/mol. The largest absolute Gasteiger partial charge is 0.491 e. The van der Waals surface area contributed by atoms with Crippen LogP contribution in [-0.4, -0.2) is 65.3 Å². The number of halogens is 2. The van der Waals surface area contributed by atoms with Gasteiger partial charge >= 0.3 is 0 Å². The predicted molar refractivity (Wildman–Crippen MR) is 141 cm³/mol. The van der Waals surface area contributed by atoms with Crippen LogP contribution in [0.3, 0.4) is 0 Å². The Hall–Kier alpha value is -3.53. The van der Waals surface area contributed by atoms with Crippen LogP contribution in [0.2, 0.25) is 0 Å². The highest BCUT2D eigenvalue weighted by molar-refractivity contribution is 5.73. The van der Waals surface area contributed by atoms with Crippen molar-refractivity contribution in [3.05, 3.63) is 48.3 Å². The van der Waals surface area contributed by atoms with E-state index < -0.39 is 17.2 Å². The summed E-state index contributed by atoms with van der Waals surface area (Å²) in [5.41, 5.74) is 0.309. The van der Waals surface area contributed by atoms with Crippen molar-refractivity contribution in [3.8, 4) is 22.8 Å². The molecule has 8 nitrogen and oxygen atoms in total. The highest BCUT2D eigenvalue weighted by Crippen LogP contribution is 2.43. The molecule has 1 N–H and O–H groups in total. The summed E-state index contributed by atoms with van der Waals surface area (Å²) in [4.78, 5) is 16.8. The Bertz CT molecular complexity index is 1240. The molecule has 0 spiro atoms. The highest BCUT2D eigenvalue weighted by Gasteiger charge is 2.36. The third-order valence-electron chi connectivity index (χ3n) is 6.19. The Kier molecular flexibility index (Phi) is 7.77. The number of pyridine rings is 1. The van der Waals surface area contributed by atoms with Gasteiger partial charge in [-0.25, -0.2) is 23.7 Å². The van der Waals surface area contributed by atoms with Gasteiger partial charge in [0.15, 0.2) is 17.4 Å². The number of hydrogen-bond donors (Lipinski definition) is 1. The minimum absolute atomic E-state index is 0.0169. The summed E-state index contributed by atoms with van der Waals surface area (Å²) in [6, 6.07) is 6.62. The van der Waals surface area contributed by atoms with Crippen LogP contribution in [0.25, 0.3) is 11.3 Å². The zero-order valence-electron chi connectivity index (χ0n) is 22.2. The van der Waals surface area contributed by atoms with Gasteiger partial charge in [0.2, 0.25) is 5.95 Å². The predicted octanol–water partition coefficient (Wildman–Crippen LogP) is 5.28. The van der Waals surface area contributed by atoms with E-state index >= 15 is 4.39 Å². The SMILES string of the molecule is CCC(C)N1CC(C)(C)Oc2c(F)cc(-c3nc(Nc4ccc(OCCN(C)C)cn4)ncc3F)cc21. The van der Waals surface area contributed by atoms with E-state index in [0.717, 1.165) is 19.2 Å². The van der Waals surface area contributed by atoms with E-state index in [-0.39, 0.29) is 23.4 Å².